The lowest BCUT2D eigenvalue weighted by molar-refractivity contribution is 0.287. The highest BCUT2D eigenvalue weighted by Crippen LogP contribution is 2.38. The highest BCUT2D eigenvalue weighted by molar-refractivity contribution is 7.22. The largest absolute Gasteiger partial charge is 0.490 e. The highest BCUT2D eigenvalue weighted by Gasteiger charge is 2.13. The van der Waals surface area contributed by atoms with Gasteiger partial charge in [-0.1, -0.05) is 36.4 Å². The normalized spacial score (nSPS) is 12.1. The van der Waals surface area contributed by atoms with Gasteiger partial charge in [-0.2, -0.15) is 0 Å². The number of thiophene rings is 1. The van der Waals surface area contributed by atoms with Crippen molar-refractivity contribution in [3.05, 3.63) is 103 Å². The van der Waals surface area contributed by atoms with E-state index in [1.165, 1.54) is 10.9 Å². The summed E-state index contributed by atoms with van der Waals surface area (Å²) in [4.78, 5) is 13.4. The van der Waals surface area contributed by atoms with Crippen LogP contribution in [0.2, 0.25) is 0 Å². The van der Waals surface area contributed by atoms with Crippen molar-refractivity contribution in [1.82, 2.24) is 15.0 Å². The first kappa shape index (κ1) is 22.3. The van der Waals surface area contributed by atoms with Crippen LogP contribution in [0.15, 0.2) is 97.6 Å². The molecular weight excluding hydrogens is 466 g/mol. The van der Waals surface area contributed by atoms with Gasteiger partial charge in [0.1, 0.15) is 18.2 Å². The number of hydrogen-bond donors (Lipinski definition) is 3. The van der Waals surface area contributed by atoms with Crippen LogP contribution in [0.4, 0.5) is 11.5 Å². The van der Waals surface area contributed by atoms with Crippen LogP contribution in [0.3, 0.4) is 0 Å². The third-order valence-electron chi connectivity index (χ3n) is 6.09. The SMILES string of the molecule is NC(COc1cncc(-c2cc3ccnc(Nc4ccccc4)c3s2)c1)Cc1c[nH]c2ccccc12. The van der Waals surface area contributed by atoms with Crippen LogP contribution < -0.4 is 15.8 Å². The Bertz CT molecular complexity index is 1630. The number of rotatable bonds is 8. The molecule has 36 heavy (non-hydrogen) atoms. The van der Waals surface area contributed by atoms with Crippen LogP contribution in [0.1, 0.15) is 5.56 Å². The predicted octanol–water partition coefficient (Wildman–Crippen LogP) is 6.53. The monoisotopic (exact) mass is 491 g/mol. The number of H-pyrrole nitrogens is 1. The number of fused-ring (bicyclic) bond motifs is 2. The molecule has 1 unspecified atom stereocenters. The Morgan fingerprint density at radius 3 is 2.78 bits per heavy atom. The Hall–Kier alpha value is -4.20. The fraction of sp³-hybridized carbons (Fsp3) is 0.103. The predicted molar refractivity (Wildman–Crippen MR) is 148 cm³/mol. The molecule has 0 saturated heterocycles. The minimum absolute atomic E-state index is 0.130. The van der Waals surface area contributed by atoms with Gasteiger partial charge < -0.3 is 20.8 Å². The van der Waals surface area contributed by atoms with E-state index in [2.05, 4.69) is 38.5 Å². The first-order chi connectivity index (χ1) is 17.7. The maximum absolute atomic E-state index is 6.41. The summed E-state index contributed by atoms with van der Waals surface area (Å²) in [6.07, 6.45) is 8.19. The molecule has 4 aromatic heterocycles. The molecule has 0 saturated carbocycles. The number of para-hydroxylation sites is 2. The average Bonchev–Trinajstić information content (AvgIpc) is 3.54. The molecule has 0 fully saturated rings. The van der Waals surface area contributed by atoms with Crippen molar-refractivity contribution in [2.24, 2.45) is 5.73 Å². The van der Waals surface area contributed by atoms with E-state index in [0.29, 0.717) is 12.4 Å². The first-order valence-electron chi connectivity index (χ1n) is 11.8. The van der Waals surface area contributed by atoms with E-state index in [0.717, 1.165) is 44.0 Å². The van der Waals surface area contributed by atoms with Crippen LogP contribution in [0, 0.1) is 0 Å². The van der Waals surface area contributed by atoms with E-state index >= 15 is 0 Å². The quantitative estimate of drug-likeness (QED) is 0.225. The third kappa shape index (κ3) is 4.66. The van der Waals surface area contributed by atoms with Gasteiger partial charge in [-0.15, -0.1) is 11.3 Å². The van der Waals surface area contributed by atoms with Gasteiger partial charge in [-0.25, -0.2) is 4.98 Å². The summed E-state index contributed by atoms with van der Waals surface area (Å²) in [5, 5.41) is 5.77. The van der Waals surface area contributed by atoms with E-state index in [1.807, 2.05) is 73.2 Å². The number of ether oxygens (including phenoxy) is 1. The van der Waals surface area contributed by atoms with Crippen LogP contribution in [0.5, 0.6) is 5.75 Å². The standard InChI is InChI=1S/C29H25N5OS/c30-22(12-20-16-33-26-9-5-4-8-25(20)26)18-35-24-13-21(15-31-17-24)27-14-19-10-11-32-29(28(19)36-27)34-23-6-2-1-3-7-23/h1-11,13-17,22,33H,12,18,30H2,(H,32,34). The van der Waals surface area contributed by atoms with E-state index in [1.54, 1.807) is 17.5 Å². The molecule has 0 spiro atoms. The fourth-order valence-corrected chi connectivity index (χ4v) is 5.41. The summed E-state index contributed by atoms with van der Waals surface area (Å²) in [5.41, 5.74) is 10.7. The second-order valence-electron chi connectivity index (χ2n) is 8.72. The lowest BCUT2D eigenvalue weighted by Gasteiger charge is -2.13. The summed E-state index contributed by atoms with van der Waals surface area (Å²) in [6, 6.07) is 24.4. The van der Waals surface area contributed by atoms with Gasteiger partial charge >= 0.3 is 0 Å². The highest BCUT2D eigenvalue weighted by atomic mass is 32.1. The Labute approximate surface area is 212 Å². The summed E-state index contributed by atoms with van der Waals surface area (Å²) in [6.45, 7) is 0.409. The van der Waals surface area contributed by atoms with Gasteiger partial charge in [0.25, 0.3) is 0 Å². The third-order valence-corrected chi connectivity index (χ3v) is 7.30. The van der Waals surface area contributed by atoms with Gasteiger partial charge in [0.05, 0.1) is 10.9 Å². The number of aromatic amines is 1. The van der Waals surface area contributed by atoms with Crippen LogP contribution >= 0.6 is 11.3 Å². The molecular formula is C29H25N5OS. The smallest absolute Gasteiger partial charge is 0.148 e. The second-order valence-corrected chi connectivity index (χ2v) is 9.78. The van der Waals surface area contributed by atoms with Crippen LogP contribution in [-0.2, 0) is 6.42 Å². The van der Waals surface area contributed by atoms with Gasteiger partial charge in [-0.3, -0.25) is 4.98 Å². The van der Waals surface area contributed by atoms with E-state index in [4.69, 9.17) is 10.5 Å². The number of hydrogen-bond acceptors (Lipinski definition) is 6. The summed E-state index contributed by atoms with van der Waals surface area (Å²) >= 11 is 1.68. The zero-order valence-corrected chi connectivity index (χ0v) is 20.3. The maximum Gasteiger partial charge on any atom is 0.148 e. The lowest BCUT2D eigenvalue weighted by Crippen LogP contribution is -2.30. The van der Waals surface area contributed by atoms with Crippen LogP contribution in [0.25, 0.3) is 31.4 Å². The molecule has 0 aliphatic carbocycles. The van der Waals surface area contributed by atoms with Crippen molar-refractivity contribution in [2.75, 3.05) is 11.9 Å². The first-order valence-corrected chi connectivity index (χ1v) is 12.6. The van der Waals surface area contributed by atoms with E-state index in [9.17, 15) is 0 Å². The minimum Gasteiger partial charge on any atom is -0.490 e. The van der Waals surface area contributed by atoms with Gasteiger partial charge in [0.15, 0.2) is 0 Å². The molecule has 6 nitrogen and oxygen atoms in total. The van der Waals surface area contributed by atoms with Crippen molar-refractivity contribution in [2.45, 2.75) is 12.5 Å². The number of benzene rings is 2. The molecule has 6 aromatic rings. The molecule has 4 heterocycles. The van der Waals surface area contributed by atoms with Crippen molar-refractivity contribution < 1.29 is 4.74 Å². The van der Waals surface area contributed by atoms with Gasteiger partial charge in [-0.05, 0) is 53.8 Å². The topological polar surface area (TPSA) is 88.8 Å². The molecule has 178 valence electrons. The van der Waals surface area contributed by atoms with E-state index < -0.39 is 0 Å². The Kier molecular flexibility index (Phi) is 6.07. The zero-order valence-electron chi connectivity index (χ0n) is 19.5. The zero-order chi connectivity index (χ0) is 24.3. The maximum atomic E-state index is 6.41. The average molecular weight is 492 g/mol. The number of pyridine rings is 2. The van der Waals surface area contributed by atoms with Crippen LogP contribution in [-0.4, -0.2) is 27.6 Å². The summed E-state index contributed by atoms with van der Waals surface area (Å²) < 4.78 is 7.15. The molecule has 7 heteroatoms. The van der Waals surface area contributed by atoms with Gasteiger partial charge in [0.2, 0.25) is 0 Å². The molecule has 0 radical (unpaired) electrons. The Morgan fingerprint density at radius 1 is 1.00 bits per heavy atom. The van der Waals surface area contributed by atoms with Crippen molar-refractivity contribution in [3.63, 3.8) is 0 Å². The van der Waals surface area contributed by atoms with Crippen molar-refractivity contribution >= 4 is 43.8 Å². The number of nitrogens with two attached hydrogens (primary N) is 1. The fourth-order valence-electron chi connectivity index (χ4n) is 4.33. The Morgan fingerprint density at radius 2 is 1.86 bits per heavy atom. The number of anilines is 2. The van der Waals surface area contributed by atoms with Gasteiger partial charge in [0, 0.05) is 51.7 Å². The number of nitrogens with zero attached hydrogens (tertiary/aromatic N) is 2. The summed E-state index contributed by atoms with van der Waals surface area (Å²) in [5.74, 6) is 1.55. The molecule has 4 N–H and O–H groups in total. The number of nitrogens with one attached hydrogen (secondary N) is 2. The Balaban J connectivity index is 1.17. The summed E-state index contributed by atoms with van der Waals surface area (Å²) in [7, 11) is 0. The molecule has 2 aromatic carbocycles. The number of aromatic nitrogens is 3. The molecule has 0 aliphatic heterocycles. The molecule has 0 bridgehead atoms. The lowest BCUT2D eigenvalue weighted by atomic mass is 10.1. The molecule has 0 aliphatic rings. The minimum atomic E-state index is -0.130. The van der Waals surface area contributed by atoms with Crippen molar-refractivity contribution in [3.8, 4) is 16.2 Å². The molecule has 1 atom stereocenters. The second kappa shape index (κ2) is 9.81. The van der Waals surface area contributed by atoms with E-state index in [-0.39, 0.29) is 6.04 Å². The van der Waals surface area contributed by atoms with Crippen molar-refractivity contribution in [1.29, 1.82) is 0 Å². The molecule has 0 amide bonds. The molecule has 6 rings (SSSR count).